The van der Waals surface area contributed by atoms with Gasteiger partial charge in [-0.15, -0.1) is 0 Å². The van der Waals surface area contributed by atoms with Gasteiger partial charge in [-0.2, -0.15) is 0 Å². The van der Waals surface area contributed by atoms with E-state index in [0.717, 1.165) is 26.1 Å². The number of likely N-dealkylation sites (N-methyl/N-ethyl adjacent to an activating group) is 1. The number of aliphatic hydroxyl groups excluding tert-OH is 1. The summed E-state index contributed by atoms with van der Waals surface area (Å²) < 4.78 is 5.68. The molecule has 5 atom stereocenters. The van der Waals surface area contributed by atoms with Crippen molar-refractivity contribution in [2.45, 2.75) is 51.7 Å². The predicted octanol–water partition coefficient (Wildman–Crippen LogP) is 2.14. The molecule has 0 aromatic rings. The van der Waals surface area contributed by atoms with Crippen molar-refractivity contribution in [3.8, 4) is 0 Å². The third-order valence-corrected chi connectivity index (χ3v) is 4.70. The molecular formula is C15H29NO2. The molecule has 5 unspecified atom stereocenters. The van der Waals surface area contributed by atoms with E-state index in [0.29, 0.717) is 23.9 Å². The summed E-state index contributed by atoms with van der Waals surface area (Å²) in [5.74, 6) is 1.75. The standard InChI is InChI=1S/C15H29NO2/c1-11-7-12(2)14(15(17)8-11)10-16(3)9-13-5-4-6-18-13/h11-15,17H,4-10H2,1-3H3. The van der Waals surface area contributed by atoms with E-state index in [2.05, 4.69) is 25.8 Å². The second-order valence-electron chi connectivity index (χ2n) is 6.64. The van der Waals surface area contributed by atoms with E-state index < -0.39 is 0 Å². The zero-order valence-corrected chi connectivity index (χ0v) is 12.1. The maximum Gasteiger partial charge on any atom is 0.0702 e. The van der Waals surface area contributed by atoms with Gasteiger partial charge >= 0.3 is 0 Å². The van der Waals surface area contributed by atoms with E-state index in [1.54, 1.807) is 0 Å². The van der Waals surface area contributed by atoms with Crippen LogP contribution in [0, 0.1) is 17.8 Å². The van der Waals surface area contributed by atoms with Crippen LogP contribution in [0.4, 0.5) is 0 Å². The van der Waals surface area contributed by atoms with Crippen molar-refractivity contribution < 1.29 is 9.84 Å². The average Bonchev–Trinajstić information content (AvgIpc) is 2.76. The minimum Gasteiger partial charge on any atom is -0.393 e. The fraction of sp³-hybridized carbons (Fsp3) is 1.00. The van der Waals surface area contributed by atoms with Gasteiger partial charge in [0.05, 0.1) is 12.2 Å². The van der Waals surface area contributed by atoms with Gasteiger partial charge in [0.2, 0.25) is 0 Å². The number of nitrogens with zero attached hydrogens (tertiary/aromatic N) is 1. The van der Waals surface area contributed by atoms with Gasteiger partial charge in [-0.1, -0.05) is 13.8 Å². The molecule has 0 spiro atoms. The molecule has 18 heavy (non-hydrogen) atoms. The summed E-state index contributed by atoms with van der Waals surface area (Å²) in [5.41, 5.74) is 0. The molecule has 1 aliphatic heterocycles. The lowest BCUT2D eigenvalue weighted by molar-refractivity contribution is -0.00624. The Morgan fingerprint density at radius 3 is 2.61 bits per heavy atom. The summed E-state index contributed by atoms with van der Waals surface area (Å²) in [6.45, 7) is 7.51. The Balaban J connectivity index is 1.79. The molecule has 2 aliphatic rings. The Bertz CT molecular complexity index is 241. The maximum absolute atomic E-state index is 10.3. The van der Waals surface area contributed by atoms with Gasteiger partial charge in [0.15, 0.2) is 0 Å². The van der Waals surface area contributed by atoms with Gasteiger partial charge in [-0.25, -0.2) is 0 Å². The van der Waals surface area contributed by atoms with E-state index >= 15 is 0 Å². The molecule has 1 heterocycles. The Labute approximate surface area is 112 Å². The quantitative estimate of drug-likeness (QED) is 0.835. The lowest BCUT2D eigenvalue weighted by Crippen LogP contribution is -2.43. The summed E-state index contributed by atoms with van der Waals surface area (Å²) in [7, 11) is 2.17. The molecule has 0 bridgehead atoms. The first-order valence-corrected chi connectivity index (χ1v) is 7.54. The zero-order valence-electron chi connectivity index (χ0n) is 12.1. The average molecular weight is 255 g/mol. The normalized spacial score (nSPS) is 41.5. The number of ether oxygens (including phenoxy) is 1. The monoisotopic (exact) mass is 255 g/mol. The Morgan fingerprint density at radius 2 is 2.00 bits per heavy atom. The van der Waals surface area contributed by atoms with Crippen LogP contribution in [0.5, 0.6) is 0 Å². The van der Waals surface area contributed by atoms with Crippen LogP contribution in [0.2, 0.25) is 0 Å². The van der Waals surface area contributed by atoms with Gasteiger partial charge in [0.1, 0.15) is 0 Å². The highest BCUT2D eigenvalue weighted by molar-refractivity contribution is 4.85. The highest BCUT2D eigenvalue weighted by Crippen LogP contribution is 2.34. The van der Waals surface area contributed by atoms with Gasteiger partial charge in [0.25, 0.3) is 0 Å². The number of hydrogen-bond donors (Lipinski definition) is 1. The summed E-state index contributed by atoms with van der Waals surface area (Å²) in [5, 5.41) is 10.3. The summed E-state index contributed by atoms with van der Waals surface area (Å²) in [6.07, 6.45) is 4.95. The second-order valence-corrected chi connectivity index (χ2v) is 6.64. The third kappa shape index (κ3) is 3.69. The van der Waals surface area contributed by atoms with Crippen molar-refractivity contribution in [1.29, 1.82) is 0 Å². The predicted molar refractivity (Wildman–Crippen MR) is 73.5 cm³/mol. The molecule has 0 amide bonds. The topological polar surface area (TPSA) is 32.7 Å². The molecule has 0 aromatic carbocycles. The molecule has 1 N–H and O–H groups in total. The first-order chi connectivity index (χ1) is 8.56. The first-order valence-electron chi connectivity index (χ1n) is 7.54. The van der Waals surface area contributed by atoms with Crippen LogP contribution in [-0.4, -0.2) is 49.0 Å². The Kier molecular flexibility index (Phi) is 5.05. The molecule has 1 saturated carbocycles. The Hall–Kier alpha value is -0.120. The summed E-state index contributed by atoms with van der Waals surface area (Å²) >= 11 is 0. The molecule has 1 aliphatic carbocycles. The largest absolute Gasteiger partial charge is 0.393 e. The lowest BCUT2D eigenvalue weighted by atomic mass is 9.73. The first kappa shape index (κ1) is 14.3. The molecule has 1 saturated heterocycles. The van der Waals surface area contributed by atoms with E-state index in [4.69, 9.17) is 4.74 Å². The van der Waals surface area contributed by atoms with E-state index in [1.807, 2.05) is 0 Å². The van der Waals surface area contributed by atoms with Crippen molar-refractivity contribution in [3.05, 3.63) is 0 Å². The summed E-state index contributed by atoms with van der Waals surface area (Å²) in [6, 6.07) is 0. The molecule has 2 rings (SSSR count). The van der Waals surface area contributed by atoms with Crippen LogP contribution in [-0.2, 0) is 4.74 Å². The number of rotatable bonds is 4. The molecule has 0 radical (unpaired) electrons. The number of aliphatic hydroxyl groups is 1. The fourth-order valence-corrected chi connectivity index (χ4v) is 3.74. The second kappa shape index (κ2) is 6.36. The Morgan fingerprint density at radius 1 is 1.22 bits per heavy atom. The van der Waals surface area contributed by atoms with Crippen LogP contribution >= 0.6 is 0 Å². The smallest absolute Gasteiger partial charge is 0.0702 e. The van der Waals surface area contributed by atoms with Crippen molar-refractivity contribution in [3.63, 3.8) is 0 Å². The van der Waals surface area contributed by atoms with Crippen molar-refractivity contribution in [2.24, 2.45) is 17.8 Å². The van der Waals surface area contributed by atoms with Crippen LogP contribution < -0.4 is 0 Å². The molecule has 106 valence electrons. The van der Waals surface area contributed by atoms with Crippen LogP contribution in [0.15, 0.2) is 0 Å². The lowest BCUT2D eigenvalue weighted by Gasteiger charge is -2.39. The maximum atomic E-state index is 10.3. The molecule has 2 fully saturated rings. The highest BCUT2D eigenvalue weighted by Gasteiger charge is 2.33. The molecular weight excluding hydrogens is 226 g/mol. The van der Waals surface area contributed by atoms with Gasteiger partial charge in [0, 0.05) is 25.6 Å². The summed E-state index contributed by atoms with van der Waals surface area (Å²) in [4.78, 5) is 2.36. The molecule has 3 nitrogen and oxygen atoms in total. The minimum absolute atomic E-state index is 0.115. The van der Waals surface area contributed by atoms with Crippen LogP contribution in [0.1, 0.15) is 39.5 Å². The fourth-order valence-electron chi connectivity index (χ4n) is 3.74. The van der Waals surface area contributed by atoms with Crippen molar-refractivity contribution in [1.82, 2.24) is 4.90 Å². The van der Waals surface area contributed by atoms with Gasteiger partial charge in [-0.3, -0.25) is 0 Å². The van der Waals surface area contributed by atoms with Gasteiger partial charge in [-0.05, 0) is 44.6 Å². The SMILES string of the molecule is CC1CC(C)C(CN(C)CC2CCCO2)C(O)C1. The van der Waals surface area contributed by atoms with Crippen LogP contribution in [0.3, 0.4) is 0 Å². The minimum atomic E-state index is -0.115. The van der Waals surface area contributed by atoms with E-state index in [9.17, 15) is 5.11 Å². The molecule has 0 aromatic heterocycles. The highest BCUT2D eigenvalue weighted by atomic mass is 16.5. The van der Waals surface area contributed by atoms with Crippen LogP contribution in [0.25, 0.3) is 0 Å². The van der Waals surface area contributed by atoms with E-state index in [-0.39, 0.29) is 6.10 Å². The van der Waals surface area contributed by atoms with E-state index in [1.165, 1.54) is 19.3 Å². The molecule has 3 heteroatoms. The van der Waals surface area contributed by atoms with Crippen molar-refractivity contribution in [2.75, 3.05) is 26.7 Å². The van der Waals surface area contributed by atoms with Crippen molar-refractivity contribution >= 4 is 0 Å². The number of hydrogen-bond acceptors (Lipinski definition) is 3. The third-order valence-electron chi connectivity index (χ3n) is 4.70. The van der Waals surface area contributed by atoms with Gasteiger partial charge < -0.3 is 14.7 Å². The zero-order chi connectivity index (χ0) is 13.1.